The van der Waals surface area contributed by atoms with Gasteiger partial charge in [0.15, 0.2) is 0 Å². The van der Waals surface area contributed by atoms with Gasteiger partial charge in [-0.3, -0.25) is 0 Å². The highest BCUT2D eigenvalue weighted by Gasteiger charge is 2.11. The van der Waals surface area contributed by atoms with Crippen LogP contribution in [0.2, 0.25) is 0 Å². The number of rotatable bonds is 4. The van der Waals surface area contributed by atoms with E-state index in [1.165, 1.54) is 12.1 Å². The molecule has 3 nitrogen and oxygen atoms in total. The van der Waals surface area contributed by atoms with Gasteiger partial charge in [-0.15, -0.1) is 0 Å². The van der Waals surface area contributed by atoms with E-state index in [1.807, 2.05) is 12.1 Å². The molecule has 1 N–H and O–H groups in total. The standard InChI is InChI=1S/C16H14FNO2/c1-18(15-9-5-3-7-13(15)17)14-8-4-2-6-12(14)10-11-16(19)20/h2-11H,1H3,(H,19,20). The molecule has 0 aromatic heterocycles. The van der Waals surface area contributed by atoms with Gasteiger partial charge >= 0.3 is 5.97 Å². The largest absolute Gasteiger partial charge is 0.478 e. The molecule has 0 saturated heterocycles. The van der Waals surface area contributed by atoms with E-state index in [0.29, 0.717) is 11.3 Å². The van der Waals surface area contributed by atoms with Gasteiger partial charge in [0.2, 0.25) is 0 Å². The molecule has 0 spiro atoms. The fraction of sp³-hybridized carbons (Fsp3) is 0.0625. The van der Waals surface area contributed by atoms with Crippen LogP contribution in [0.25, 0.3) is 6.08 Å². The van der Waals surface area contributed by atoms with Crippen molar-refractivity contribution in [1.82, 2.24) is 0 Å². The van der Waals surface area contributed by atoms with Gasteiger partial charge in [0.25, 0.3) is 0 Å². The van der Waals surface area contributed by atoms with Crippen LogP contribution in [0, 0.1) is 5.82 Å². The molecule has 0 aliphatic heterocycles. The Morgan fingerprint density at radius 3 is 2.35 bits per heavy atom. The average molecular weight is 271 g/mol. The van der Waals surface area contributed by atoms with Crippen molar-refractivity contribution in [3.05, 3.63) is 66.0 Å². The molecule has 102 valence electrons. The van der Waals surface area contributed by atoms with Gasteiger partial charge in [-0.2, -0.15) is 0 Å². The second kappa shape index (κ2) is 6.02. The molecule has 0 atom stereocenters. The number of hydrogen-bond acceptors (Lipinski definition) is 2. The molecule has 2 aromatic carbocycles. The second-order valence-corrected chi connectivity index (χ2v) is 4.24. The van der Waals surface area contributed by atoms with Crippen LogP contribution in [0.15, 0.2) is 54.6 Å². The Balaban J connectivity index is 2.42. The Labute approximate surface area is 116 Å². The predicted molar refractivity (Wildman–Crippen MR) is 77.6 cm³/mol. The average Bonchev–Trinajstić information content (AvgIpc) is 2.45. The van der Waals surface area contributed by atoms with Crippen molar-refractivity contribution in [2.75, 3.05) is 11.9 Å². The van der Waals surface area contributed by atoms with Crippen molar-refractivity contribution in [1.29, 1.82) is 0 Å². The lowest BCUT2D eigenvalue weighted by Crippen LogP contribution is -2.12. The number of carbonyl (C=O) groups is 1. The summed E-state index contributed by atoms with van der Waals surface area (Å²) in [7, 11) is 1.74. The Kier molecular flexibility index (Phi) is 4.15. The number of carboxylic acids is 1. The van der Waals surface area contributed by atoms with E-state index >= 15 is 0 Å². The fourth-order valence-corrected chi connectivity index (χ4v) is 1.95. The summed E-state index contributed by atoms with van der Waals surface area (Å²) < 4.78 is 13.8. The lowest BCUT2D eigenvalue weighted by atomic mass is 10.1. The minimum absolute atomic E-state index is 0.327. The maximum absolute atomic E-state index is 13.8. The van der Waals surface area contributed by atoms with E-state index in [-0.39, 0.29) is 5.82 Å². The molecule has 20 heavy (non-hydrogen) atoms. The monoisotopic (exact) mass is 271 g/mol. The third-order valence-corrected chi connectivity index (χ3v) is 2.92. The minimum atomic E-state index is -1.02. The Hall–Kier alpha value is -2.62. The molecule has 0 fully saturated rings. The van der Waals surface area contributed by atoms with Crippen LogP contribution in [0.1, 0.15) is 5.56 Å². The minimum Gasteiger partial charge on any atom is -0.478 e. The molecule has 0 aliphatic carbocycles. The van der Waals surface area contributed by atoms with Crippen LogP contribution in [0.4, 0.5) is 15.8 Å². The zero-order valence-electron chi connectivity index (χ0n) is 11.0. The summed E-state index contributed by atoms with van der Waals surface area (Å²) in [5.41, 5.74) is 1.87. The van der Waals surface area contributed by atoms with Gasteiger partial charge < -0.3 is 10.0 Å². The molecule has 0 radical (unpaired) electrons. The highest BCUT2D eigenvalue weighted by Crippen LogP contribution is 2.29. The summed E-state index contributed by atoms with van der Waals surface area (Å²) in [5.74, 6) is -1.35. The Bertz CT molecular complexity index is 652. The molecule has 2 rings (SSSR count). The van der Waals surface area contributed by atoms with Gasteiger partial charge in [0.05, 0.1) is 5.69 Å². The molecule has 0 saturated carbocycles. The van der Waals surface area contributed by atoms with Crippen LogP contribution < -0.4 is 4.90 Å². The van der Waals surface area contributed by atoms with Crippen molar-refractivity contribution < 1.29 is 14.3 Å². The van der Waals surface area contributed by atoms with Crippen LogP contribution >= 0.6 is 0 Å². The first-order valence-corrected chi connectivity index (χ1v) is 6.08. The number of para-hydroxylation sites is 2. The SMILES string of the molecule is CN(c1ccccc1F)c1ccccc1C=CC(=O)O. The zero-order chi connectivity index (χ0) is 14.5. The van der Waals surface area contributed by atoms with Crippen molar-refractivity contribution in [3.8, 4) is 0 Å². The number of benzene rings is 2. The van der Waals surface area contributed by atoms with Gasteiger partial charge in [-0.1, -0.05) is 30.3 Å². The third-order valence-electron chi connectivity index (χ3n) is 2.92. The van der Waals surface area contributed by atoms with Crippen molar-refractivity contribution >= 4 is 23.4 Å². The third kappa shape index (κ3) is 3.03. The van der Waals surface area contributed by atoms with Gasteiger partial charge in [0.1, 0.15) is 5.82 Å². The second-order valence-electron chi connectivity index (χ2n) is 4.24. The van der Waals surface area contributed by atoms with Crippen LogP contribution in [0.3, 0.4) is 0 Å². The number of carboxylic acid groups (broad SMARTS) is 1. The number of aliphatic carboxylic acids is 1. The number of nitrogens with zero attached hydrogens (tertiary/aromatic N) is 1. The summed E-state index contributed by atoms with van der Waals surface area (Å²) >= 11 is 0. The number of hydrogen-bond donors (Lipinski definition) is 1. The molecule has 2 aromatic rings. The lowest BCUT2D eigenvalue weighted by molar-refractivity contribution is -0.131. The first-order valence-electron chi connectivity index (χ1n) is 6.08. The quantitative estimate of drug-likeness (QED) is 0.862. The van der Waals surface area contributed by atoms with Crippen LogP contribution in [-0.2, 0) is 4.79 Å². The lowest BCUT2D eigenvalue weighted by Gasteiger charge is -2.22. The topological polar surface area (TPSA) is 40.5 Å². The predicted octanol–water partition coefficient (Wildman–Crippen LogP) is 3.69. The summed E-state index contributed by atoms with van der Waals surface area (Å²) in [6, 6.07) is 13.7. The van der Waals surface area contributed by atoms with Crippen molar-refractivity contribution in [2.24, 2.45) is 0 Å². The normalized spacial score (nSPS) is 10.7. The van der Waals surface area contributed by atoms with E-state index in [0.717, 1.165) is 11.8 Å². The Morgan fingerprint density at radius 1 is 1.10 bits per heavy atom. The van der Waals surface area contributed by atoms with E-state index in [2.05, 4.69) is 0 Å². The maximum Gasteiger partial charge on any atom is 0.328 e. The van der Waals surface area contributed by atoms with Gasteiger partial charge in [0, 0.05) is 18.8 Å². The Morgan fingerprint density at radius 2 is 1.70 bits per heavy atom. The van der Waals surface area contributed by atoms with Crippen LogP contribution in [-0.4, -0.2) is 18.1 Å². The molecule has 0 amide bonds. The molecule has 4 heteroatoms. The summed E-state index contributed by atoms with van der Waals surface area (Å²) in [6.07, 6.45) is 2.56. The maximum atomic E-state index is 13.8. The smallest absolute Gasteiger partial charge is 0.328 e. The summed E-state index contributed by atoms with van der Waals surface area (Å²) in [6.45, 7) is 0. The molecule has 0 unspecified atom stereocenters. The van der Waals surface area contributed by atoms with E-state index in [9.17, 15) is 9.18 Å². The van der Waals surface area contributed by atoms with Gasteiger partial charge in [-0.25, -0.2) is 9.18 Å². The summed E-state index contributed by atoms with van der Waals surface area (Å²) in [5, 5.41) is 8.71. The highest BCUT2D eigenvalue weighted by atomic mass is 19.1. The number of anilines is 2. The zero-order valence-corrected chi connectivity index (χ0v) is 11.0. The molecular weight excluding hydrogens is 257 g/mol. The first kappa shape index (κ1) is 13.8. The molecular formula is C16H14FNO2. The van der Waals surface area contributed by atoms with E-state index in [1.54, 1.807) is 42.3 Å². The highest BCUT2D eigenvalue weighted by molar-refractivity contribution is 5.87. The first-order chi connectivity index (χ1) is 9.59. The van der Waals surface area contributed by atoms with Gasteiger partial charge in [-0.05, 0) is 29.8 Å². The van der Waals surface area contributed by atoms with Crippen molar-refractivity contribution in [3.63, 3.8) is 0 Å². The fourth-order valence-electron chi connectivity index (χ4n) is 1.95. The molecule has 0 heterocycles. The molecule has 0 aliphatic rings. The van der Waals surface area contributed by atoms with Crippen LogP contribution in [0.5, 0.6) is 0 Å². The van der Waals surface area contributed by atoms with E-state index in [4.69, 9.17) is 5.11 Å². The number of halogens is 1. The molecule has 0 bridgehead atoms. The van der Waals surface area contributed by atoms with E-state index < -0.39 is 5.97 Å². The summed E-state index contributed by atoms with van der Waals surface area (Å²) in [4.78, 5) is 12.3. The van der Waals surface area contributed by atoms with Crippen molar-refractivity contribution in [2.45, 2.75) is 0 Å².